The maximum Gasteiger partial charge on any atom is 0.390 e. The van der Waals surface area contributed by atoms with Crippen molar-refractivity contribution < 1.29 is 14.3 Å². The molecule has 0 aromatic carbocycles. The van der Waals surface area contributed by atoms with Crippen molar-refractivity contribution in [2.75, 3.05) is 27.3 Å². The van der Waals surface area contributed by atoms with E-state index in [1.54, 1.807) is 7.05 Å². The fourth-order valence-electron chi connectivity index (χ4n) is 3.17. The van der Waals surface area contributed by atoms with Crippen LogP contribution in [0.2, 0.25) is 0 Å². The van der Waals surface area contributed by atoms with Gasteiger partial charge in [-0.25, -0.2) is 14.7 Å². The van der Waals surface area contributed by atoms with Gasteiger partial charge in [0.1, 0.15) is 13.7 Å². The van der Waals surface area contributed by atoms with E-state index < -0.39 is 0 Å². The van der Waals surface area contributed by atoms with Crippen molar-refractivity contribution in [3.63, 3.8) is 0 Å². The monoisotopic (exact) mass is 279 g/mol. The van der Waals surface area contributed by atoms with Gasteiger partial charge in [-0.1, -0.05) is 19.8 Å². The number of rotatable bonds is 3. The third kappa shape index (κ3) is 1.53. The number of hydrogen-bond donors (Lipinski definition) is 1. The number of amidine groups is 1. The molecule has 0 aliphatic carbocycles. The van der Waals surface area contributed by atoms with E-state index >= 15 is 0 Å². The third-order valence-electron chi connectivity index (χ3n) is 4.33. The van der Waals surface area contributed by atoms with Crippen LogP contribution in [-0.4, -0.2) is 59.5 Å². The van der Waals surface area contributed by atoms with Crippen molar-refractivity contribution in [2.24, 2.45) is 4.99 Å². The molecule has 1 amide bonds. The van der Waals surface area contributed by atoms with Crippen LogP contribution in [0.1, 0.15) is 26.2 Å². The molecule has 0 saturated carbocycles. The van der Waals surface area contributed by atoms with Gasteiger partial charge >= 0.3 is 11.7 Å². The van der Waals surface area contributed by atoms with Crippen LogP contribution in [0.25, 0.3) is 0 Å². The van der Waals surface area contributed by atoms with Gasteiger partial charge in [0.05, 0.1) is 7.05 Å². The van der Waals surface area contributed by atoms with Crippen molar-refractivity contribution in [3.8, 4) is 0 Å². The first-order valence-corrected chi connectivity index (χ1v) is 7.14. The van der Waals surface area contributed by atoms with Gasteiger partial charge in [0.2, 0.25) is 0 Å². The second kappa shape index (κ2) is 4.46. The van der Waals surface area contributed by atoms with Crippen LogP contribution in [0, 0.1) is 4.91 Å². The molecule has 7 nitrogen and oxygen atoms in total. The Kier molecular flexibility index (Phi) is 2.98. The van der Waals surface area contributed by atoms with E-state index in [4.69, 9.17) is 0 Å². The predicted molar refractivity (Wildman–Crippen MR) is 73.2 cm³/mol. The Labute approximate surface area is 118 Å². The van der Waals surface area contributed by atoms with Gasteiger partial charge in [-0.05, 0) is 15.9 Å². The van der Waals surface area contributed by atoms with Gasteiger partial charge in [0, 0.05) is 6.54 Å². The molecule has 0 bridgehead atoms. The largest absolute Gasteiger partial charge is 0.390 e. The maximum absolute atomic E-state index is 12.6. The Morgan fingerprint density at radius 2 is 2.30 bits per heavy atom. The number of carbonyl (C=O) groups is 1. The summed E-state index contributed by atoms with van der Waals surface area (Å²) in [6.07, 6.45) is 2.71. The fraction of sp³-hybridized carbons (Fsp3) is 0.692. The number of amides is 1. The van der Waals surface area contributed by atoms with E-state index in [2.05, 4.69) is 17.2 Å². The first kappa shape index (κ1) is 13.4. The number of nitrogens with one attached hydrogen (secondary N) is 1. The Morgan fingerprint density at radius 3 is 3.00 bits per heavy atom. The molecule has 0 aromatic rings. The summed E-state index contributed by atoms with van der Waals surface area (Å²) < 4.78 is -0.342. The van der Waals surface area contributed by atoms with E-state index in [1.807, 2.05) is 11.9 Å². The Balaban J connectivity index is 2.02. The summed E-state index contributed by atoms with van der Waals surface area (Å²) in [5.41, 5.74) is 0.864. The standard InChI is InChI=1S/C13H21N5O2/c1-4-5-6-10-13(19)18(3)11(15-10)9-7-14-8-16(2)12(9)17(18)20/h10,14H,4-8H2,1-3H3/q+2. The Morgan fingerprint density at radius 1 is 1.55 bits per heavy atom. The van der Waals surface area contributed by atoms with Crippen LogP contribution in [0.5, 0.6) is 0 Å². The van der Waals surface area contributed by atoms with E-state index in [1.165, 1.54) is 0 Å². The number of fused-ring (bicyclic) bond motifs is 2. The van der Waals surface area contributed by atoms with Gasteiger partial charge in [0.15, 0.2) is 16.5 Å². The summed E-state index contributed by atoms with van der Waals surface area (Å²) in [6, 6.07) is -0.368. The minimum Gasteiger partial charge on any atom is -0.277 e. The van der Waals surface area contributed by atoms with Crippen molar-refractivity contribution in [2.45, 2.75) is 32.2 Å². The molecule has 0 saturated heterocycles. The molecule has 108 valence electrons. The normalized spacial score (nSPS) is 32.6. The highest BCUT2D eigenvalue weighted by Crippen LogP contribution is 2.36. The molecular formula is C13H21N5O2+2. The molecule has 2 unspecified atom stereocenters. The van der Waals surface area contributed by atoms with Crippen LogP contribution < -0.4 is 5.32 Å². The molecule has 2 atom stereocenters. The zero-order valence-corrected chi connectivity index (χ0v) is 12.2. The van der Waals surface area contributed by atoms with Gasteiger partial charge in [-0.15, -0.1) is 0 Å². The smallest absolute Gasteiger partial charge is 0.277 e. The number of aliphatic imine (C=N–C) groups is 1. The number of hydrogen-bond acceptors (Lipinski definition) is 5. The molecular weight excluding hydrogens is 258 g/mol. The zero-order chi connectivity index (χ0) is 14.5. The minimum atomic E-state index is -0.368. The number of nitrogens with zero attached hydrogens (tertiary/aromatic N) is 4. The summed E-state index contributed by atoms with van der Waals surface area (Å²) >= 11 is 0. The Bertz CT molecular complexity index is 553. The number of carbonyl (C=O) groups excluding carboxylic acids is 1. The van der Waals surface area contributed by atoms with E-state index in [0.29, 0.717) is 24.9 Å². The van der Waals surface area contributed by atoms with Crippen LogP contribution in [0.3, 0.4) is 0 Å². The van der Waals surface area contributed by atoms with Crippen LogP contribution in [0.4, 0.5) is 0 Å². The van der Waals surface area contributed by atoms with Gasteiger partial charge in [-0.2, -0.15) is 0 Å². The summed E-state index contributed by atoms with van der Waals surface area (Å²) in [6.45, 7) is 3.29. The van der Waals surface area contributed by atoms with Crippen LogP contribution in [0.15, 0.2) is 16.4 Å². The average Bonchev–Trinajstić information content (AvgIpc) is 2.81. The highest BCUT2D eigenvalue weighted by molar-refractivity contribution is 6.05. The first-order chi connectivity index (χ1) is 9.51. The van der Waals surface area contributed by atoms with Crippen molar-refractivity contribution in [3.05, 3.63) is 16.3 Å². The lowest BCUT2D eigenvalue weighted by atomic mass is 10.1. The zero-order valence-electron chi connectivity index (χ0n) is 12.2. The number of nitroso groups, excluding NO2 is 1. The quantitative estimate of drug-likeness (QED) is 0.598. The summed E-state index contributed by atoms with van der Waals surface area (Å²) in [4.78, 5) is 32.5. The fourth-order valence-corrected chi connectivity index (χ4v) is 3.17. The second-order valence-corrected chi connectivity index (χ2v) is 5.77. The topological polar surface area (TPSA) is 64.8 Å². The van der Waals surface area contributed by atoms with E-state index in [9.17, 15) is 9.70 Å². The molecule has 0 fully saturated rings. The van der Waals surface area contributed by atoms with Crippen molar-refractivity contribution in [1.82, 2.24) is 10.2 Å². The molecule has 3 heterocycles. The SMILES string of the molecule is CCCCC1N=C2C3=C(N(C)CNC3)[N+](=O)[N+]2(C)C1=O. The molecule has 3 rings (SSSR count). The highest BCUT2D eigenvalue weighted by atomic mass is 16.4. The minimum absolute atomic E-state index is 0.105. The lowest BCUT2D eigenvalue weighted by Gasteiger charge is -2.17. The second-order valence-electron chi connectivity index (χ2n) is 5.77. The summed E-state index contributed by atoms with van der Waals surface area (Å²) in [5.74, 6) is 1.10. The number of likely N-dealkylation sites (N-methyl/N-ethyl adjacent to an activating group) is 1. The predicted octanol–water partition coefficient (Wildman–Crippen LogP) is 0.342. The van der Waals surface area contributed by atoms with Gasteiger partial charge in [0.25, 0.3) is 5.84 Å². The lowest BCUT2D eigenvalue weighted by Crippen LogP contribution is -2.55. The van der Waals surface area contributed by atoms with Gasteiger partial charge in [-0.3, -0.25) is 5.32 Å². The average molecular weight is 279 g/mol. The van der Waals surface area contributed by atoms with Crippen LogP contribution >= 0.6 is 0 Å². The summed E-state index contributed by atoms with van der Waals surface area (Å²) in [7, 11) is 3.51. The number of unbranched alkanes of at least 4 members (excludes halogenated alkanes) is 1. The van der Waals surface area contributed by atoms with Gasteiger partial charge < -0.3 is 0 Å². The van der Waals surface area contributed by atoms with E-state index in [0.717, 1.165) is 29.7 Å². The lowest BCUT2D eigenvalue weighted by molar-refractivity contribution is -1.21. The van der Waals surface area contributed by atoms with Crippen molar-refractivity contribution in [1.29, 1.82) is 0 Å². The number of quaternary nitrogens is 1. The molecule has 0 aromatic heterocycles. The molecule has 3 aliphatic heterocycles. The molecule has 20 heavy (non-hydrogen) atoms. The molecule has 0 spiro atoms. The molecule has 0 radical (unpaired) electrons. The van der Waals surface area contributed by atoms with Crippen molar-refractivity contribution >= 4 is 11.7 Å². The molecule has 3 aliphatic rings. The van der Waals surface area contributed by atoms with E-state index in [-0.39, 0.29) is 16.5 Å². The first-order valence-electron chi connectivity index (χ1n) is 7.14. The van der Waals surface area contributed by atoms with Crippen LogP contribution in [-0.2, 0) is 4.79 Å². The Hall–Kier alpha value is -1.60. The highest BCUT2D eigenvalue weighted by Gasteiger charge is 2.67. The molecule has 7 heteroatoms. The maximum atomic E-state index is 12.6. The third-order valence-corrected chi connectivity index (χ3v) is 4.33. The summed E-state index contributed by atoms with van der Waals surface area (Å²) in [5, 5.41) is 3.23. The molecule has 1 N–H and O–H groups in total.